The van der Waals surface area contributed by atoms with Gasteiger partial charge in [0.1, 0.15) is 11.3 Å². The van der Waals surface area contributed by atoms with E-state index in [0.29, 0.717) is 12.0 Å². The fourth-order valence-electron chi connectivity index (χ4n) is 4.23. The van der Waals surface area contributed by atoms with Gasteiger partial charge in [0.2, 0.25) is 5.95 Å². The maximum absolute atomic E-state index is 4.75. The lowest BCUT2D eigenvalue weighted by Gasteiger charge is -2.12. The number of nitrogens with zero attached hydrogens (tertiary/aromatic N) is 5. The van der Waals surface area contributed by atoms with E-state index in [0.717, 1.165) is 41.3 Å². The van der Waals surface area contributed by atoms with Crippen molar-refractivity contribution in [3.8, 4) is 11.4 Å². The van der Waals surface area contributed by atoms with Crippen molar-refractivity contribution >= 4 is 22.8 Å². The summed E-state index contributed by atoms with van der Waals surface area (Å²) >= 11 is 0. The highest BCUT2D eigenvalue weighted by Crippen LogP contribution is 2.24. The van der Waals surface area contributed by atoms with Gasteiger partial charge < -0.3 is 15.2 Å². The van der Waals surface area contributed by atoms with E-state index >= 15 is 0 Å². The van der Waals surface area contributed by atoms with Gasteiger partial charge in [-0.1, -0.05) is 25.0 Å². The van der Waals surface area contributed by atoms with Crippen LogP contribution < -0.4 is 10.6 Å². The fraction of sp³-hybridized carbons (Fsp3) is 0.333. The van der Waals surface area contributed by atoms with Crippen LogP contribution in [-0.4, -0.2) is 30.5 Å². The Morgan fingerprint density at radius 2 is 1.77 bits per heavy atom. The summed E-state index contributed by atoms with van der Waals surface area (Å²) in [6, 6.07) is 13.1. The van der Waals surface area contributed by atoms with Crippen LogP contribution in [0, 0.1) is 0 Å². The maximum Gasteiger partial charge on any atom is 0.229 e. The minimum absolute atomic E-state index is 0.570. The van der Waals surface area contributed by atoms with Gasteiger partial charge >= 0.3 is 0 Å². The molecule has 0 spiro atoms. The van der Waals surface area contributed by atoms with Gasteiger partial charge in [-0.05, 0) is 49.6 Å². The zero-order chi connectivity index (χ0) is 21.0. The summed E-state index contributed by atoms with van der Waals surface area (Å²) in [6.45, 7) is 3.79. The molecular formula is C24H27N7. The molecule has 0 atom stereocenters. The van der Waals surface area contributed by atoms with Crippen LogP contribution in [0.3, 0.4) is 0 Å². The normalized spacial score (nSPS) is 14.4. The van der Waals surface area contributed by atoms with Gasteiger partial charge in [0.25, 0.3) is 0 Å². The molecule has 1 aliphatic rings. The molecule has 4 aromatic rings. The Kier molecular flexibility index (Phi) is 5.58. The Morgan fingerprint density at radius 3 is 2.52 bits per heavy atom. The van der Waals surface area contributed by atoms with Gasteiger partial charge in [0.15, 0.2) is 5.65 Å². The number of hydrogen-bond donors (Lipinski definition) is 2. The lowest BCUT2D eigenvalue weighted by Crippen LogP contribution is -2.25. The first-order valence-corrected chi connectivity index (χ1v) is 11.0. The Bertz CT molecular complexity index is 1150. The summed E-state index contributed by atoms with van der Waals surface area (Å²) in [6.07, 6.45) is 10.6. The van der Waals surface area contributed by atoms with Crippen molar-refractivity contribution in [3.63, 3.8) is 0 Å². The van der Waals surface area contributed by atoms with Gasteiger partial charge in [-0.3, -0.25) is 4.98 Å². The predicted octanol–water partition coefficient (Wildman–Crippen LogP) is 4.68. The van der Waals surface area contributed by atoms with E-state index in [1.807, 2.05) is 12.1 Å². The summed E-state index contributed by atoms with van der Waals surface area (Å²) in [7, 11) is 0. The third-order valence-corrected chi connectivity index (χ3v) is 5.90. The molecule has 7 heteroatoms. The molecule has 0 bridgehead atoms. The average molecular weight is 414 g/mol. The molecule has 2 N–H and O–H groups in total. The Labute approximate surface area is 182 Å². The van der Waals surface area contributed by atoms with Crippen LogP contribution in [0.4, 0.5) is 11.6 Å². The van der Waals surface area contributed by atoms with Gasteiger partial charge in [-0.2, -0.15) is 4.98 Å². The second kappa shape index (κ2) is 8.81. The van der Waals surface area contributed by atoms with E-state index in [1.54, 1.807) is 18.6 Å². The highest BCUT2D eigenvalue weighted by molar-refractivity contribution is 5.77. The first-order valence-electron chi connectivity index (χ1n) is 11.0. The maximum atomic E-state index is 4.75. The van der Waals surface area contributed by atoms with Crippen molar-refractivity contribution in [1.82, 2.24) is 29.8 Å². The van der Waals surface area contributed by atoms with Crippen molar-refractivity contribution in [2.75, 3.05) is 5.32 Å². The number of benzene rings is 1. The third-order valence-electron chi connectivity index (χ3n) is 5.90. The van der Waals surface area contributed by atoms with Crippen LogP contribution in [0.1, 0.15) is 38.2 Å². The third kappa shape index (κ3) is 4.27. The molecular weight excluding hydrogens is 386 g/mol. The molecule has 1 aliphatic carbocycles. The number of anilines is 2. The summed E-state index contributed by atoms with van der Waals surface area (Å²) in [5.74, 6) is 1.45. The summed E-state index contributed by atoms with van der Waals surface area (Å²) in [5, 5.41) is 6.98. The number of hydrogen-bond acceptors (Lipinski definition) is 6. The number of aryl methyl sites for hydroxylation is 1. The van der Waals surface area contributed by atoms with Crippen molar-refractivity contribution in [2.24, 2.45) is 0 Å². The lowest BCUT2D eigenvalue weighted by atomic mass is 10.2. The van der Waals surface area contributed by atoms with E-state index < -0.39 is 0 Å². The molecule has 0 amide bonds. The monoisotopic (exact) mass is 413 g/mol. The van der Waals surface area contributed by atoms with Crippen molar-refractivity contribution in [3.05, 3.63) is 60.6 Å². The second-order valence-corrected chi connectivity index (χ2v) is 8.00. The molecule has 0 saturated heterocycles. The van der Waals surface area contributed by atoms with Gasteiger partial charge in [-0.25, -0.2) is 9.97 Å². The van der Waals surface area contributed by atoms with Crippen LogP contribution >= 0.6 is 0 Å². The average Bonchev–Trinajstić information content (AvgIpc) is 3.46. The molecule has 158 valence electrons. The number of imidazole rings is 1. The Morgan fingerprint density at radius 1 is 1.00 bits per heavy atom. The van der Waals surface area contributed by atoms with Gasteiger partial charge in [-0.15, -0.1) is 0 Å². The molecule has 3 aromatic heterocycles. The van der Waals surface area contributed by atoms with E-state index in [4.69, 9.17) is 9.97 Å². The Hall–Kier alpha value is -3.32. The predicted molar refractivity (Wildman–Crippen MR) is 123 cm³/mol. The van der Waals surface area contributed by atoms with Crippen LogP contribution in [0.15, 0.2) is 55.0 Å². The minimum Gasteiger partial charge on any atom is -0.324 e. The van der Waals surface area contributed by atoms with Crippen molar-refractivity contribution in [2.45, 2.75) is 51.7 Å². The van der Waals surface area contributed by atoms with Crippen LogP contribution in [0.5, 0.6) is 0 Å². The van der Waals surface area contributed by atoms with Crippen LogP contribution in [0.2, 0.25) is 0 Å². The first kappa shape index (κ1) is 19.6. The number of aromatic nitrogens is 5. The summed E-state index contributed by atoms with van der Waals surface area (Å²) < 4.78 is 2.11. The molecule has 1 saturated carbocycles. The molecule has 1 aromatic carbocycles. The molecule has 5 rings (SSSR count). The minimum atomic E-state index is 0.570. The fourth-order valence-corrected chi connectivity index (χ4v) is 4.23. The SMILES string of the molecule is CCn1c(-c2ccncc2)nc2cnc(Nc3ccc(CNC4CCCC4)cc3)nc21. The molecule has 3 heterocycles. The number of pyridine rings is 1. The lowest BCUT2D eigenvalue weighted by molar-refractivity contribution is 0.524. The summed E-state index contributed by atoms with van der Waals surface area (Å²) in [5.41, 5.74) is 4.89. The number of nitrogens with one attached hydrogen (secondary N) is 2. The zero-order valence-corrected chi connectivity index (χ0v) is 17.8. The first-order chi connectivity index (χ1) is 15.3. The molecule has 0 radical (unpaired) electrons. The van der Waals surface area contributed by atoms with E-state index in [-0.39, 0.29) is 0 Å². The summed E-state index contributed by atoms with van der Waals surface area (Å²) in [4.78, 5) is 18.1. The number of fused-ring (bicyclic) bond motifs is 1. The molecule has 1 fully saturated rings. The van der Waals surface area contributed by atoms with Crippen LogP contribution in [0.25, 0.3) is 22.6 Å². The second-order valence-electron chi connectivity index (χ2n) is 8.00. The van der Waals surface area contributed by atoms with Crippen molar-refractivity contribution < 1.29 is 0 Å². The highest BCUT2D eigenvalue weighted by atomic mass is 15.2. The van der Waals surface area contributed by atoms with E-state index in [1.165, 1.54) is 31.2 Å². The van der Waals surface area contributed by atoms with E-state index in [9.17, 15) is 0 Å². The number of rotatable bonds is 7. The van der Waals surface area contributed by atoms with E-state index in [2.05, 4.69) is 56.4 Å². The molecule has 7 nitrogen and oxygen atoms in total. The smallest absolute Gasteiger partial charge is 0.229 e. The molecule has 31 heavy (non-hydrogen) atoms. The van der Waals surface area contributed by atoms with Gasteiger partial charge in [0, 0.05) is 42.8 Å². The molecule has 0 aliphatic heterocycles. The van der Waals surface area contributed by atoms with Gasteiger partial charge in [0.05, 0.1) is 6.20 Å². The highest BCUT2D eigenvalue weighted by Gasteiger charge is 2.15. The largest absolute Gasteiger partial charge is 0.324 e. The standard InChI is InChI=1S/C24H27N7/c1-2-31-22(18-11-13-25-14-12-18)29-21-16-27-24(30-23(21)31)28-20-9-7-17(8-10-20)15-26-19-5-3-4-6-19/h7-14,16,19,26H,2-6,15H2,1H3,(H,27,28,30). The Balaban J connectivity index is 1.33. The molecule has 0 unspecified atom stereocenters. The zero-order valence-electron chi connectivity index (χ0n) is 17.8. The van der Waals surface area contributed by atoms with Crippen LogP contribution in [-0.2, 0) is 13.1 Å². The van der Waals surface area contributed by atoms with Crippen molar-refractivity contribution in [1.29, 1.82) is 0 Å². The quantitative estimate of drug-likeness (QED) is 0.458. The topological polar surface area (TPSA) is 80.5 Å².